The minimum absolute atomic E-state index is 0.341. The van der Waals surface area contributed by atoms with Crippen molar-refractivity contribution in [3.8, 4) is 0 Å². The maximum Gasteiger partial charge on any atom is 0.243 e. The van der Waals surface area contributed by atoms with Crippen LogP contribution >= 0.6 is 0 Å². The van der Waals surface area contributed by atoms with Gasteiger partial charge < -0.3 is 5.73 Å². The van der Waals surface area contributed by atoms with Crippen molar-refractivity contribution in [3.05, 3.63) is 24.3 Å². The van der Waals surface area contributed by atoms with Gasteiger partial charge in [-0.25, -0.2) is 8.42 Å². The van der Waals surface area contributed by atoms with Crippen LogP contribution in [-0.4, -0.2) is 25.8 Å². The number of hydrogen-bond donors (Lipinski definition) is 1. The minimum Gasteiger partial charge on any atom is -0.399 e. The van der Waals surface area contributed by atoms with Gasteiger partial charge in [-0.05, 0) is 37.1 Å². The third kappa shape index (κ3) is 2.79. The molecule has 1 aliphatic rings. The van der Waals surface area contributed by atoms with Crippen LogP contribution in [-0.2, 0) is 10.0 Å². The third-order valence-corrected chi connectivity index (χ3v) is 5.00. The lowest BCUT2D eigenvalue weighted by molar-refractivity contribution is 0.424. The van der Waals surface area contributed by atoms with Gasteiger partial charge in [0, 0.05) is 18.8 Å². The maximum atomic E-state index is 12.3. The van der Waals surface area contributed by atoms with Crippen LogP contribution in [0.3, 0.4) is 0 Å². The molecule has 0 spiro atoms. The molecule has 0 atom stereocenters. The lowest BCUT2D eigenvalue weighted by Crippen LogP contribution is -2.31. The van der Waals surface area contributed by atoms with Gasteiger partial charge in [-0.3, -0.25) is 0 Å². The van der Waals surface area contributed by atoms with E-state index in [1.54, 1.807) is 28.6 Å². The van der Waals surface area contributed by atoms with Gasteiger partial charge in [0.1, 0.15) is 0 Å². The van der Waals surface area contributed by atoms with E-state index in [4.69, 9.17) is 5.73 Å². The number of hydrogen-bond acceptors (Lipinski definition) is 3. The van der Waals surface area contributed by atoms with E-state index < -0.39 is 10.0 Å². The van der Waals surface area contributed by atoms with E-state index in [-0.39, 0.29) is 0 Å². The molecular formula is C12H18N2O2S. The van der Waals surface area contributed by atoms with Gasteiger partial charge in [0.05, 0.1) is 4.90 Å². The van der Waals surface area contributed by atoms with Crippen LogP contribution in [0.1, 0.15) is 25.7 Å². The van der Waals surface area contributed by atoms with E-state index in [0.717, 1.165) is 25.7 Å². The lowest BCUT2D eigenvalue weighted by Gasteiger charge is -2.19. The Morgan fingerprint density at radius 2 is 1.47 bits per heavy atom. The fourth-order valence-electron chi connectivity index (χ4n) is 2.07. The van der Waals surface area contributed by atoms with Crippen molar-refractivity contribution in [3.63, 3.8) is 0 Å². The van der Waals surface area contributed by atoms with Crippen LogP contribution in [0.25, 0.3) is 0 Å². The Morgan fingerprint density at radius 3 is 2.00 bits per heavy atom. The van der Waals surface area contributed by atoms with Crippen LogP contribution in [0.4, 0.5) is 5.69 Å². The van der Waals surface area contributed by atoms with Gasteiger partial charge in [0.25, 0.3) is 0 Å². The lowest BCUT2D eigenvalue weighted by atomic mass is 10.2. The Bertz CT molecular complexity index is 460. The molecule has 1 aromatic rings. The van der Waals surface area contributed by atoms with Crippen molar-refractivity contribution in [2.75, 3.05) is 18.8 Å². The van der Waals surface area contributed by atoms with E-state index in [9.17, 15) is 8.42 Å². The Morgan fingerprint density at radius 1 is 0.941 bits per heavy atom. The van der Waals surface area contributed by atoms with Crippen LogP contribution in [0, 0.1) is 0 Å². The smallest absolute Gasteiger partial charge is 0.243 e. The van der Waals surface area contributed by atoms with Crippen molar-refractivity contribution < 1.29 is 8.42 Å². The molecule has 1 aromatic carbocycles. The molecular weight excluding hydrogens is 236 g/mol. The number of benzene rings is 1. The summed E-state index contributed by atoms with van der Waals surface area (Å²) in [6.07, 6.45) is 4.14. The van der Waals surface area contributed by atoms with Crippen molar-refractivity contribution in [1.82, 2.24) is 4.31 Å². The molecule has 2 rings (SSSR count). The van der Waals surface area contributed by atoms with Crippen LogP contribution in [0.2, 0.25) is 0 Å². The number of nitrogens with two attached hydrogens (primary N) is 1. The zero-order valence-electron chi connectivity index (χ0n) is 9.80. The zero-order valence-corrected chi connectivity index (χ0v) is 10.6. The summed E-state index contributed by atoms with van der Waals surface area (Å²) >= 11 is 0. The molecule has 94 valence electrons. The summed E-state index contributed by atoms with van der Waals surface area (Å²) in [4.78, 5) is 0.341. The molecule has 1 fully saturated rings. The molecule has 2 N–H and O–H groups in total. The molecule has 17 heavy (non-hydrogen) atoms. The maximum absolute atomic E-state index is 12.3. The molecule has 4 nitrogen and oxygen atoms in total. The summed E-state index contributed by atoms with van der Waals surface area (Å²) in [6.45, 7) is 1.26. The molecule has 0 radical (unpaired) electrons. The molecule has 1 heterocycles. The summed E-state index contributed by atoms with van der Waals surface area (Å²) in [7, 11) is -3.32. The Hall–Kier alpha value is -1.07. The van der Waals surface area contributed by atoms with Crippen molar-refractivity contribution in [2.24, 2.45) is 0 Å². The molecule has 1 saturated heterocycles. The SMILES string of the molecule is Nc1ccc(S(=O)(=O)N2CCCCCC2)cc1. The normalized spacial score (nSPS) is 18.8. The first-order valence-electron chi connectivity index (χ1n) is 5.96. The van der Waals surface area contributed by atoms with Gasteiger partial charge in [-0.1, -0.05) is 12.8 Å². The second kappa shape index (κ2) is 5.06. The van der Waals surface area contributed by atoms with Crippen molar-refractivity contribution in [2.45, 2.75) is 30.6 Å². The topological polar surface area (TPSA) is 63.4 Å². The fraction of sp³-hybridized carbons (Fsp3) is 0.500. The quantitative estimate of drug-likeness (QED) is 0.819. The molecule has 0 aromatic heterocycles. The van der Waals surface area contributed by atoms with E-state index in [1.807, 2.05) is 0 Å². The fourth-order valence-corrected chi connectivity index (χ4v) is 3.59. The Labute approximate surface area is 102 Å². The van der Waals surface area contributed by atoms with E-state index >= 15 is 0 Å². The second-order valence-corrected chi connectivity index (χ2v) is 6.33. The predicted molar refractivity (Wildman–Crippen MR) is 68.1 cm³/mol. The van der Waals surface area contributed by atoms with Gasteiger partial charge in [0.2, 0.25) is 10.0 Å². The van der Waals surface area contributed by atoms with Crippen LogP contribution in [0.15, 0.2) is 29.2 Å². The molecule has 5 heteroatoms. The van der Waals surface area contributed by atoms with E-state index in [0.29, 0.717) is 23.7 Å². The first kappa shape index (κ1) is 12.4. The zero-order chi connectivity index (χ0) is 12.3. The summed E-state index contributed by atoms with van der Waals surface area (Å²) in [5.41, 5.74) is 6.15. The average molecular weight is 254 g/mol. The van der Waals surface area contributed by atoms with Gasteiger partial charge in [0.15, 0.2) is 0 Å². The first-order valence-corrected chi connectivity index (χ1v) is 7.40. The highest BCUT2D eigenvalue weighted by molar-refractivity contribution is 7.89. The number of rotatable bonds is 2. The molecule has 0 bridgehead atoms. The van der Waals surface area contributed by atoms with Crippen molar-refractivity contribution in [1.29, 1.82) is 0 Å². The van der Waals surface area contributed by atoms with Crippen LogP contribution in [0.5, 0.6) is 0 Å². The summed E-state index contributed by atoms with van der Waals surface area (Å²) in [5, 5.41) is 0. The Balaban J connectivity index is 2.25. The van der Waals surface area contributed by atoms with Crippen molar-refractivity contribution >= 4 is 15.7 Å². The predicted octanol–water partition coefficient (Wildman–Crippen LogP) is 1.83. The number of nitrogen functional groups attached to an aromatic ring is 1. The highest BCUT2D eigenvalue weighted by atomic mass is 32.2. The number of nitrogens with zero attached hydrogens (tertiary/aromatic N) is 1. The van der Waals surface area contributed by atoms with E-state index in [2.05, 4.69) is 0 Å². The van der Waals surface area contributed by atoms with Crippen LogP contribution < -0.4 is 5.73 Å². The first-order chi connectivity index (χ1) is 8.10. The largest absolute Gasteiger partial charge is 0.399 e. The highest BCUT2D eigenvalue weighted by Gasteiger charge is 2.24. The monoisotopic (exact) mass is 254 g/mol. The van der Waals surface area contributed by atoms with Gasteiger partial charge >= 0.3 is 0 Å². The standard InChI is InChI=1S/C12H18N2O2S/c13-11-5-7-12(8-6-11)17(15,16)14-9-3-1-2-4-10-14/h5-8H,1-4,9-10,13H2. The van der Waals surface area contributed by atoms with Gasteiger partial charge in [-0.2, -0.15) is 4.31 Å². The molecule has 0 saturated carbocycles. The number of sulfonamides is 1. The molecule has 0 aliphatic carbocycles. The van der Waals surface area contributed by atoms with Gasteiger partial charge in [-0.15, -0.1) is 0 Å². The Kier molecular flexibility index (Phi) is 3.69. The van der Waals surface area contributed by atoms with E-state index in [1.165, 1.54) is 0 Å². The highest BCUT2D eigenvalue weighted by Crippen LogP contribution is 2.20. The number of anilines is 1. The average Bonchev–Trinajstić information content (AvgIpc) is 2.58. The summed E-state index contributed by atoms with van der Waals surface area (Å²) in [6, 6.07) is 6.42. The molecule has 1 aliphatic heterocycles. The third-order valence-electron chi connectivity index (χ3n) is 3.08. The summed E-state index contributed by atoms with van der Waals surface area (Å²) < 4.78 is 26.3. The minimum atomic E-state index is -3.32. The molecule has 0 amide bonds. The summed E-state index contributed by atoms with van der Waals surface area (Å²) in [5.74, 6) is 0. The molecule has 0 unspecified atom stereocenters. The second-order valence-electron chi connectivity index (χ2n) is 4.39.